The molecule has 6 heteroatoms. The third-order valence-corrected chi connectivity index (χ3v) is 2.62. The van der Waals surface area contributed by atoms with E-state index in [0.717, 1.165) is 11.8 Å². The molecule has 0 aliphatic rings. The van der Waals surface area contributed by atoms with Gasteiger partial charge in [0.1, 0.15) is 6.17 Å². The molecule has 0 N–H and O–H groups in total. The molecule has 2 unspecified atom stereocenters. The summed E-state index contributed by atoms with van der Waals surface area (Å²) in [4.78, 5) is 10.5. The molecule has 0 aliphatic heterocycles. The molecule has 0 aromatic rings. The van der Waals surface area contributed by atoms with Crippen molar-refractivity contribution in [2.75, 3.05) is 5.75 Å². The fourth-order valence-corrected chi connectivity index (χ4v) is 1.58. The standard InChI is InChI=1S/C9H14F4OS/c1-6(14)15-4-2-3-7(10)5-8(11)9(12)13/h7-9H,2-5H2,1H3. The Morgan fingerprint density at radius 3 is 2.33 bits per heavy atom. The number of hydrogen-bond acceptors (Lipinski definition) is 2. The van der Waals surface area contributed by atoms with E-state index in [4.69, 9.17) is 0 Å². The van der Waals surface area contributed by atoms with Gasteiger partial charge >= 0.3 is 0 Å². The van der Waals surface area contributed by atoms with Gasteiger partial charge in [-0.3, -0.25) is 4.79 Å². The monoisotopic (exact) mass is 246 g/mol. The van der Waals surface area contributed by atoms with Crippen LogP contribution in [0.15, 0.2) is 0 Å². The molecule has 0 radical (unpaired) electrons. The van der Waals surface area contributed by atoms with E-state index in [1.165, 1.54) is 6.92 Å². The quantitative estimate of drug-likeness (QED) is 0.506. The van der Waals surface area contributed by atoms with E-state index in [1.807, 2.05) is 0 Å². The zero-order valence-electron chi connectivity index (χ0n) is 8.39. The van der Waals surface area contributed by atoms with Gasteiger partial charge < -0.3 is 0 Å². The highest BCUT2D eigenvalue weighted by atomic mass is 32.2. The topological polar surface area (TPSA) is 17.1 Å². The molecule has 0 saturated carbocycles. The summed E-state index contributed by atoms with van der Waals surface area (Å²) in [6.07, 6.45) is -7.41. The number of carbonyl (C=O) groups excluding carboxylic acids is 1. The number of alkyl halides is 4. The lowest BCUT2D eigenvalue weighted by molar-refractivity contribution is -0.109. The molecule has 0 amide bonds. The van der Waals surface area contributed by atoms with Crippen LogP contribution in [0.3, 0.4) is 0 Å². The van der Waals surface area contributed by atoms with Crippen LogP contribution >= 0.6 is 11.8 Å². The predicted molar refractivity (Wildman–Crippen MR) is 52.8 cm³/mol. The van der Waals surface area contributed by atoms with Gasteiger partial charge in [0, 0.05) is 19.1 Å². The molecule has 0 rings (SSSR count). The first-order valence-corrected chi connectivity index (χ1v) is 5.61. The third-order valence-electron chi connectivity index (χ3n) is 1.72. The second-order valence-electron chi connectivity index (χ2n) is 3.17. The molecule has 90 valence electrons. The Hall–Kier alpha value is -0.260. The van der Waals surface area contributed by atoms with E-state index in [2.05, 4.69) is 0 Å². The second-order valence-corrected chi connectivity index (χ2v) is 4.44. The molecule has 15 heavy (non-hydrogen) atoms. The van der Waals surface area contributed by atoms with Crippen molar-refractivity contribution in [2.24, 2.45) is 0 Å². The Morgan fingerprint density at radius 1 is 1.27 bits per heavy atom. The van der Waals surface area contributed by atoms with E-state index in [1.54, 1.807) is 0 Å². The molecule has 1 nitrogen and oxygen atoms in total. The van der Waals surface area contributed by atoms with Gasteiger partial charge in [-0.1, -0.05) is 11.8 Å². The van der Waals surface area contributed by atoms with Crippen LogP contribution in [0.1, 0.15) is 26.2 Å². The summed E-state index contributed by atoms with van der Waals surface area (Å²) in [5.74, 6) is 0.446. The normalized spacial score (nSPS) is 15.3. The van der Waals surface area contributed by atoms with Gasteiger partial charge in [-0.2, -0.15) is 0 Å². The number of halogens is 4. The summed E-state index contributed by atoms with van der Waals surface area (Å²) in [5.41, 5.74) is 0. The van der Waals surface area contributed by atoms with Crippen molar-refractivity contribution < 1.29 is 22.4 Å². The fourth-order valence-electron chi connectivity index (χ4n) is 0.986. The Labute approximate surface area is 90.6 Å². The van der Waals surface area contributed by atoms with Gasteiger partial charge in [0.15, 0.2) is 11.3 Å². The minimum Gasteiger partial charge on any atom is -0.288 e. The summed E-state index contributed by atoms with van der Waals surface area (Å²) in [6, 6.07) is 0. The maximum Gasteiger partial charge on any atom is 0.269 e. The first-order valence-electron chi connectivity index (χ1n) is 4.63. The lowest BCUT2D eigenvalue weighted by atomic mass is 10.1. The van der Waals surface area contributed by atoms with Gasteiger partial charge in [-0.15, -0.1) is 0 Å². The smallest absolute Gasteiger partial charge is 0.269 e. The summed E-state index contributed by atoms with van der Waals surface area (Å²) < 4.78 is 48.6. The minimum atomic E-state index is -3.12. The number of rotatable bonds is 7. The van der Waals surface area contributed by atoms with E-state index in [-0.39, 0.29) is 11.5 Å². The van der Waals surface area contributed by atoms with Gasteiger partial charge in [0.2, 0.25) is 0 Å². The third kappa shape index (κ3) is 8.72. The van der Waals surface area contributed by atoms with Crippen LogP contribution in [-0.2, 0) is 4.79 Å². The summed E-state index contributed by atoms with van der Waals surface area (Å²) in [5, 5.41) is -0.0682. The average Bonchev–Trinajstić information content (AvgIpc) is 2.12. The van der Waals surface area contributed by atoms with Gasteiger partial charge in [-0.25, -0.2) is 17.6 Å². The summed E-state index contributed by atoms with van der Waals surface area (Å²) in [6.45, 7) is 1.39. The first-order chi connectivity index (χ1) is 6.93. The molecular formula is C9H14F4OS. The summed E-state index contributed by atoms with van der Waals surface area (Å²) >= 11 is 1.05. The lowest BCUT2D eigenvalue weighted by Gasteiger charge is -2.10. The van der Waals surface area contributed by atoms with Crippen LogP contribution in [0.2, 0.25) is 0 Å². The zero-order chi connectivity index (χ0) is 11.8. The van der Waals surface area contributed by atoms with E-state index < -0.39 is 25.2 Å². The maximum absolute atomic E-state index is 12.9. The van der Waals surface area contributed by atoms with E-state index in [9.17, 15) is 22.4 Å². The van der Waals surface area contributed by atoms with Gasteiger partial charge in [0.05, 0.1) is 0 Å². The molecule has 0 fully saturated rings. The molecule has 0 bridgehead atoms. The van der Waals surface area contributed by atoms with Crippen LogP contribution in [0.5, 0.6) is 0 Å². The molecule has 0 aromatic heterocycles. The molecule has 0 saturated heterocycles. The Morgan fingerprint density at radius 2 is 1.87 bits per heavy atom. The van der Waals surface area contributed by atoms with Crippen molar-refractivity contribution in [1.82, 2.24) is 0 Å². The van der Waals surface area contributed by atoms with E-state index >= 15 is 0 Å². The number of carbonyl (C=O) groups is 1. The van der Waals surface area contributed by atoms with Gasteiger partial charge in [-0.05, 0) is 12.8 Å². The highest BCUT2D eigenvalue weighted by molar-refractivity contribution is 8.13. The molecule has 0 spiro atoms. The largest absolute Gasteiger partial charge is 0.288 e. The first kappa shape index (κ1) is 14.7. The van der Waals surface area contributed by atoms with Crippen molar-refractivity contribution in [2.45, 2.75) is 45.0 Å². The second kappa shape index (κ2) is 7.96. The Kier molecular flexibility index (Phi) is 7.82. The van der Waals surface area contributed by atoms with Crippen molar-refractivity contribution in [3.05, 3.63) is 0 Å². The molecule has 0 aliphatic carbocycles. The maximum atomic E-state index is 12.9. The SMILES string of the molecule is CC(=O)SCCCC(F)CC(F)C(F)F. The fraction of sp³-hybridized carbons (Fsp3) is 0.889. The molecule has 2 atom stereocenters. The van der Waals surface area contributed by atoms with Crippen molar-refractivity contribution >= 4 is 16.9 Å². The van der Waals surface area contributed by atoms with Crippen LogP contribution in [0, 0.1) is 0 Å². The van der Waals surface area contributed by atoms with Crippen molar-refractivity contribution in [3.63, 3.8) is 0 Å². The van der Waals surface area contributed by atoms with Crippen LogP contribution in [0.25, 0.3) is 0 Å². The Balaban J connectivity index is 3.48. The highest BCUT2D eigenvalue weighted by Gasteiger charge is 2.23. The minimum absolute atomic E-state index is 0.0212. The van der Waals surface area contributed by atoms with Crippen molar-refractivity contribution in [3.8, 4) is 0 Å². The molecule has 0 heterocycles. The number of thioether (sulfide) groups is 1. The summed E-state index contributed by atoms with van der Waals surface area (Å²) in [7, 11) is 0. The molecule has 0 aromatic carbocycles. The van der Waals surface area contributed by atoms with Crippen LogP contribution in [0.4, 0.5) is 17.6 Å². The van der Waals surface area contributed by atoms with Crippen LogP contribution in [-0.4, -0.2) is 29.6 Å². The van der Waals surface area contributed by atoms with E-state index in [0.29, 0.717) is 12.2 Å². The lowest BCUT2D eigenvalue weighted by Crippen LogP contribution is -2.18. The highest BCUT2D eigenvalue weighted by Crippen LogP contribution is 2.18. The average molecular weight is 246 g/mol. The van der Waals surface area contributed by atoms with Gasteiger partial charge in [0.25, 0.3) is 6.43 Å². The van der Waals surface area contributed by atoms with Crippen molar-refractivity contribution in [1.29, 1.82) is 0 Å². The number of hydrogen-bond donors (Lipinski definition) is 0. The predicted octanol–water partition coefficient (Wildman–Crippen LogP) is 3.38. The van der Waals surface area contributed by atoms with Crippen LogP contribution < -0.4 is 0 Å². The molecular weight excluding hydrogens is 232 g/mol. The Bertz CT molecular complexity index is 189. The zero-order valence-corrected chi connectivity index (χ0v) is 9.21.